The van der Waals surface area contributed by atoms with Crippen molar-refractivity contribution < 1.29 is 4.74 Å². The summed E-state index contributed by atoms with van der Waals surface area (Å²) in [5, 5.41) is 1.16. The first-order valence-electron chi connectivity index (χ1n) is 5.45. The lowest BCUT2D eigenvalue weighted by Gasteiger charge is -2.13. The van der Waals surface area contributed by atoms with E-state index in [0.29, 0.717) is 5.92 Å². The minimum absolute atomic E-state index is 0.517. The number of hydrogen-bond donors (Lipinski definition) is 0. The fraction of sp³-hybridized carbons (Fsp3) is 0.308. The van der Waals surface area contributed by atoms with Crippen molar-refractivity contribution in [3.8, 4) is 5.75 Å². The zero-order valence-electron chi connectivity index (χ0n) is 9.71. The van der Waals surface area contributed by atoms with Crippen LogP contribution in [-0.2, 0) is 0 Å². The second-order valence-electron chi connectivity index (χ2n) is 4.27. The van der Waals surface area contributed by atoms with Gasteiger partial charge in [0.15, 0.2) is 5.75 Å². The highest BCUT2D eigenvalue weighted by Gasteiger charge is 2.12. The molecule has 0 saturated carbocycles. The summed E-state index contributed by atoms with van der Waals surface area (Å²) in [5.74, 6) is 1.43. The van der Waals surface area contributed by atoms with Crippen LogP contribution in [0.1, 0.15) is 13.8 Å². The second kappa shape index (κ2) is 5.69. The molecule has 2 rings (SSSR count). The smallest absolute Gasteiger partial charge is 0.158 e. The summed E-state index contributed by atoms with van der Waals surface area (Å²) in [6.45, 7) is 5.02. The zero-order valence-corrected chi connectivity index (χ0v) is 14.0. The first-order valence-corrected chi connectivity index (χ1v) is 7.61. The van der Waals surface area contributed by atoms with Crippen molar-refractivity contribution in [1.82, 2.24) is 4.98 Å². The van der Waals surface area contributed by atoms with E-state index in [1.807, 2.05) is 12.3 Å². The molecule has 0 aliphatic carbocycles. The molecule has 0 fully saturated rings. The normalized spacial score (nSPS) is 11.1. The number of fused-ring (bicyclic) bond motifs is 1. The third-order valence-corrected chi connectivity index (χ3v) is 4.01. The Morgan fingerprint density at radius 1 is 1.29 bits per heavy atom. The summed E-state index contributed by atoms with van der Waals surface area (Å²) in [6.07, 6.45) is 1.82. The van der Waals surface area contributed by atoms with Gasteiger partial charge in [-0.1, -0.05) is 19.9 Å². The lowest BCUT2D eigenvalue weighted by Crippen LogP contribution is -2.06. The molecule has 0 saturated heterocycles. The van der Waals surface area contributed by atoms with E-state index in [4.69, 9.17) is 4.74 Å². The van der Waals surface area contributed by atoms with E-state index in [1.165, 1.54) is 3.57 Å². The molecule has 0 N–H and O–H groups in total. The Kier molecular flexibility index (Phi) is 4.46. The molecule has 1 aromatic carbocycles. The zero-order chi connectivity index (χ0) is 12.4. The number of nitrogens with zero attached hydrogens (tertiary/aromatic N) is 1. The average Bonchev–Trinajstić information content (AvgIpc) is 2.28. The highest BCUT2D eigenvalue weighted by molar-refractivity contribution is 14.1. The van der Waals surface area contributed by atoms with Crippen molar-refractivity contribution in [2.24, 2.45) is 5.92 Å². The summed E-state index contributed by atoms with van der Waals surface area (Å²) in [6, 6.07) is 6.19. The lowest BCUT2D eigenvalue weighted by atomic mass is 10.2. The average molecular weight is 453 g/mol. The maximum Gasteiger partial charge on any atom is 0.158 e. The van der Waals surface area contributed by atoms with E-state index in [0.717, 1.165) is 26.8 Å². The molecule has 0 spiro atoms. The van der Waals surface area contributed by atoms with Gasteiger partial charge < -0.3 is 4.74 Å². The van der Waals surface area contributed by atoms with E-state index < -0.39 is 0 Å². The largest absolute Gasteiger partial charge is 0.490 e. The Morgan fingerprint density at radius 3 is 2.76 bits per heavy atom. The SMILES string of the molecule is CC(C)COc1c(I)cc(I)c2cccnc12. The first kappa shape index (κ1) is 13.3. The molecular weight excluding hydrogens is 440 g/mol. The third-order valence-electron chi connectivity index (χ3n) is 2.31. The summed E-state index contributed by atoms with van der Waals surface area (Å²) in [4.78, 5) is 4.45. The summed E-state index contributed by atoms with van der Waals surface area (Å²) < 4.78 is 8.23. The fourth-order valence-corrected chi connectivity index (χ4v) is 3.60. The molecule has 0 unspecified atom stereocenters. The van der Waals surface area contributed by atoms with Crippen molar-refractivity contribution in [1.29, 1.82) is 0 Å². The van der Waals surface area contributed by atoms with Gasteiger partial charge in [-0.3, -0.25) is 4.98 Å². The van der Waals surface area contributed by atoms with E-state index in [9.17, 15) is 0 Å². The van der Waals surface area contributed by atoms with Crippen LogP contribution in [0.4, 0.5) is 0 Å². The predicted molar refractivity (Wildman–Crippen MR) is 87.5 cm³/mol. The van der Waals surface area contributed by atoms with Gasteiger partial charge in [0.25, 0.3) is 0 Å². The molecule has 0 amide bonds. The van der Waals surface area contributed by atoms with Crippen LogP contribution < -0.4 is 4.74 Å². The van der Waals surface area contributed by atoms with E-state index in [-0.39, 0.29) is 0 Å². The molecule has 0 atom stereocenters. The van der Waals surface area contributed by atoms with Crippen molar-refractivity contribution in [3.05, 3.63) is 31.5 Å². The summed E-state index contributed by atoms with van der Waals surface area (Å²) >= 11 is 4.65. The Balaban J connectivity index is 2.53. The van der Waals surface area contributed by atoms with Crippen molar-refractivity contribution >= 4 is 56.1 Å². The number of halogens is 2. The van der Waals surface area contributed by atoms with Gasteiger partial charge in [-0.05, 0) is 63.2 Å². The minimum atomic E-state index is 0.517. The quantitative estimate of drug-likeness (QED) is 0.640. The van der Waals surface area contributed by atoms with Crippen LogP contribution in [0.5, 0.6) is 5.75 Å². The first-order chi connectivity index (χ1) is 8.09. The van der Waals surface area contributed by atoms with Gasteiger partial charge in [0.1, 0.15) is 5.52 Å². The Morgan fingerprint density at radius 2 is 2.06 bits per heavy atom. The van der Waals surface area contributed by atoms with Crippen LogP contribution in [0.2, 0.25) is 0 Å². The fourth-order valence-electron chi connectivity index (χ4n) is 1.53. The number of pyridine rings is 1. The number of benzene rings is 1. The third kappa shape index (κ3) is 3.01. The van der Waals surface area contributed by atoms with Crippen LogP contribution in [-0.4, -0.2) is 11.6 Å². The maximum atomic E-state index is 5.89. The lowest BCUT2D eigenvalue weighted by molar-refractivity contribution is 0.272. The molecular formula is C13H13I2NO. The van der Waals surface area contributed by atoms with Crippen LogP contribution in [0.15, 0.2) is 24.4 Å². The van der Waals surface area contributed by atoms with Gasteiger partial charge in [-0.2, -0.15) is 0 Å². The molecule has 17 heavy (non-hydrogen) atoms. The van der Waals surface area contributed by atoms with Crippen molar-refractivity contribution in [2.75, 3.05) is 6.61 Å². The predicted octanol–water partition coefficient (Wildman–Crippen LogP) is 4.48. The molecule has 1 heterocycles. The standard InChI is InChI=1S/C13H13I2NO/c1-8(2)7-17-13-11(15)6-10(14)9-4-3-5-16-12(9)13/h3-6,8H,7H2,1-2H3. The minimum Gasteiger partial charge on any atom is -0.490 e. The molecule has 1 aromatic heterocycles. The number of ether oxygens (including phenoxy) is 1. The second-order valence-corrected chi connectivity index (χ2v) is 6.60. The number of hydrogen-bond acceptors (Lipinski definition) is 2. The maximum absolute atomic E-state index is 5.89. The van der Waals surface area contributed by atoms with E-state index >= 15 is 0 Å². The number of rotatable bonds is 3. The van der Waals surface area contributed by atoms with Crippen LogP contribution >= 0.6 is 45.2 Å². The van der Waals surface area contributed by atoms with Gasteiger partial charge in [-0.15, -0.1) is 0 Å². The Hall–Kier alpha value is -0.110. The topological polar surface area (TPSA) is 22.1 Å². The van der Waals surface area contributed by atoms with Crippen LogP contribution in [0.3, 0.4) is 0 Å². The van der Waals surface area contributed by atoms with Gasteiger partial charge in [0.05, 0.1) is 10.2 Å². The van der Waals surface area contributed by atoms with Crippen molar-refractivity contribution in [3.63, 3.8) is 0 Å². The van der Waals surface area contributed by atoms with E-state index in [2.05, 4.69) is 76.1 Å². The molecule has 4 heteroatoms. The summed E-state index contributed by atoms with van der Waals surface area (Å²) in [7, 11) is 0. The molecule has 0 bridgehead atoms. The molecule has 0 radical (unpaired) electrons. The highest BCUT2D eigenvalue weighted by Crippen LogP contribution is 2.33. The van der Waals surface area contributed by atoms with Gasteiger partial charge in [0, 0.05) is 15.2 Å². The Bertz CT molecular complexity index is 540. The van der Waals surface area contributed by atoms with Gasteiger partial charge >= 0.3 is 0 Å². The molecule has 0 aliphatic heterocycles. The summed E-state index contributed by atoms with van der Waals surface area (Å²) in [5.41, 5.74) is 0.962. The monoisotopic (exact) mass is 453 g/mol. The molecule has 90 valence electrons. The highest BCUT2D eigenvalue weighted by atomic mass is 127. The van der Waals surface area contributed by atoms with Crippen LogP contribution in [0, 0.1) is 13.1 Å². The van der Waals surface area contributed by atoms with E-state index in [1.54, 1.807) is 0 Å². The molecule has 2 nitrogen and oxygen atoms in total. The van der Waals surface area contributed by atoms with Gasteiger partial charge in [-0.25, -0.2) is 0 Å². The Labute approximate surface area is 128 Å². The number of aromatic nitrogens is 1. The molecule has 0 aliphatic rings. The molecule has 2 aromatic rings. The van der Waals surface area contributed by atoms with Crippen molar-refractivity contribution in [2.45, 2.75) is 13.8 Å². The van der Waals surface area contributed by atoms with Crippen LogP contribution in [0.25, 0.3) is 10.9 Å². The van der Waals surface area contributed by atoms with Gasteiger partial charge in [0.2, 0.25) is 0 Å².